The first kappa shape index (κ1) is 6.43. The molecule has 10 heavy (non-hydrogen) atoms. The van der Waals surface area contributed by atoms with Gasteiger partial charge in [0.2, 0.25) is 0 Å². The Labute approximate surface area is 67.5 Å². The van der Waals surface area contributed by atoms with E-state index >= 15 is 0 Å². The van der Waals surface area contributed by atoms with Crippen LogP contribution in [0.4, 0.5) is 0 Å². The molecule has 1 fully saturated rings. The molecule has 1 saturated carbocycles. The van der Waals surface area contributed by atoms with E-state index in [1.165, 1.54) is 0 Å². The molecule has 0 aliphatic heterocycles. The molecule has 1 aliphatic rings. The Morgan fingerprint density at radius 1 is 1.50 bits per heavy atom. The van der Waals surface area contributed by atoms with Crippen molar-refractivity contribution >= 4 is 15.9 Å². The molecule has 3 heteroatoms. The second kappa shape index (κ2) is 1.86. The molecule has 0 atom stereocenters. The minimum atomic E-state index is -0.0775. The third-order valence-electron chi connectivity index (χ3n) is 1.94. The topological polar surface area (TPSA) is 39.2 Å². The molecule has 1 aromatic rings. The summed E-state index contributed by atoms with van der Waals surface area (Å²) >= 11 is 3.37. The van der Waals surface area contributed by atoms with Gasteiger partial charge in [-0.2, -0.15) is 0 Å². The van der Waals surface area contributed by atoms with Crippen LogP contribution in [0, 0.1) is 0 Å². The van der Waals surface area contributed by atoms with Gasteiger partial charge in [0.25, 0.3) is 0 Å². The third-order valence-corrected chi connectivity index (χ3v) is 2.55. The molecule has 0 spiro atoms. The van der Waals surface area contributed by atoms with E-state index in [0.717, 1.165) is 22.9 Å². The summed E-state index contributed by atoms with van der Waals surface area (Å²) in [5, 5.41) is 0. The van der Waals surface area contributed by atoms with Crippen molar-refractivity contribution in [3.8, 4) is 0 Å². The second-order valence-corrected chi connectivity index (χ2v) is 3.64. The van der Waals surface area contributed by atoms with Gasteiger partial charge >= 0.3 is 0 Å². The zero-order valence-corrected chi connectivity index (χ0v) is 7.02. The van der Waals surface area contributed by atoms with Crippen molar-refractivity contribution in [2.45, 2.75) is 18.4 Å². The number of furan rings is 1. The van der Waals surface area contributed by atoms with Crippen molar-refractivity contribution in [1.82, 2.24) is 0 Å². The lowest BCUT2D eigenvalue weighted by Gasteiger charge is -2.03. The highest BCUT2D eigenvalue weighted by atomic mass is 79.9. The highest BCUT2D eigenvalue weighted by Crippen LogP contribution is 2.45. The van der Waals surface area contributed by atoms with Gasteiger partial charge in [-0.15, -0.1) is 0 Å². The zero-order valence-electron chi connectivity index (χ0n) is 5.43. The highest BCUT2D eigenvalue weighted by Gasteiger charge is 2.42. The number of hydrogen-bond donors (Lipinski definition) is 1. The van der Waals surface area contributed by atoms with Crippen LogP contribution < -0.4 is 5.73 Å². The summed E-state index contributed by atoms with van der Waals surface area (Å²) in [6.45, 7) is 0. The van der Waals surface area contributed by atoms with Gasteiger partial charge < -0.3 is 10.2 Å². The van der Waals surface area contributed by atoms with Crippen molar-refractivity contribution < 1.29 is 4.42 Å². The van der Waals surface area contributed by atoms with Crippen LogP contribution in [0.2, 0.25) is 0 Å². The van der Waals surface area contributed by atoms with Crippen LogP contribution in [-0.2, 0) is 5.54 Å². The van der Waals surface area contributed by atoms with Gasteiger partial charge in [0.1, 0.15) is 6.26 Å². The SMILES string of the molecule is NC1(c2cocc2Br)CC1. The molecular formula is C7H8BrNO. The van der Waals surface area contributed by atoms with E-state index in [0.29, 0.717) is 0 Å². The first-order chi connectivity index (χ1) is 4.72. The van der Waals surface area contributed by atoms with Crippen LogP contribution in [-0.4, -0.2) is 0 Å². The molecule has 0 unspecified atom stereocenters. The minimum Gasteiger partial charge on any atom is -0.471 e. The maximum Gasteiger partial charge on any atom is 0.105 e. The molecule has 1 aromatic heterocycles. The smallest absolute Gasteiger partial charge is 0.105 e. The Morgan fingerprint density at radius 2 is 2.20 bits per heavy atom. The van der Waals surface area contributed by atoms with Gasteiger partial charge in [0.15, 0.2) is 0 Å². The molecule has 0 bridgehead atoms. The molecule has 1 aliphatic carbocycles. The summed E-state index contributed by atoms with van der Waals surface area (Å²) in [6.07, 6.45) is 5.54. The Kier molecular flexibility index (Phi) is 1.20. The summed E-state index contributed by atoms with van der Waals surface area (Å²) in [7, 11) is 0. The van der Waals surface area contributed by atoms with E-state index in [9.17, 15) is 0 Å². The first-order valence-electron chi connectivity index (χ1n) is 3.23. The predicted molar refractivity (Wildman–Crippen MR) is 41.5 cm³/mol. The molecule has 0 amide bonds. The van der Waals surface area contributed by atoms with Gasteiger partial charge in [-0.05, 0) is 28.8 Å². The normalized spacial score (nSPS) is 21.0. The summed E-state index contributed by atoms with van der Waals surface area (Å²) in [5.74, 6) is 0. The lowest BCUT2D eigenvalue weighted by molar-refractivity contribution is 0.557. The second-order valence-electron chi connectivity index (χ2n) is 2.79. The Morgan fingerprint density at radius 3 is 2.60 bits per heavy atom. The third kappa shape index (κ3) is 0.812. The lowest BCUT2D eigenvalue weighted by atomic mass is 10.1. The number of rotatable bonds is 1. The lowest BCUT2D eigenvalue weighted by Crippen LogP contribution is -2.17. The molecule has 0 saturated heterocycles. The van der Waals surface area contributed by atoms with Crippen LogP contribution in [0.1, 0.15) is 18.4 Å². The van der Waals surface area contributed by atoms with Crippen molar-refractivity contribution in [2.75, 3.05) is 0 Å². The first-order valence-corrected chi connectivity index (χ1v) is 4.03. The highest BCUT2D eigenvalue weighted by molar-refractivity contribution is 9.10. The van der Waals surface area contributed by atoms with Gasteiger partial charge in [-0.1, -0.05) is 0 Å². The summed E-state index contributed by atoms with van der Waals surface area (Å²) < 4.78 is 5.98. The van der Waals surface area contributed by atoms with Gasteiger partial charge in [-0.3, -0.25) is 0 Å². The van der Waals surface area contributed by atoms with Gasteiger partial charge in [0.05, 0.1) is 10.7 Å². The van der Waals surface area contributed by atoms with E-state index < -0.39 is 0 Å². The standard InChI is InChI=1S/C7H8BrNO/c8-6-4-10-3-5(6)7(9)1-2-7/h3-4H,1-2,9H2. The van der Waals surface area contributed by atoms with E-state index in [2.05, 4.69) is 15.9 Å². The molecule has 54 valence electrons. The van der Waals surface area contributed by atoms with Crippen molar-refractivity contribution in [1.29, 1.82) is 0 Å². The number of halogens is 1. The van der Waals surface area contributed by atoms with Crippen molar-refractivity contribution in [3.05, 3.63) is 22.6 Å². The van der Waals surface area contributed by atoms with Crippen LogP contribution in [0.15, 0.2) is 21.4 Å². The molecule has 0 aromatic carbocycles. The van der Waals surface area contributed by atoms with Gasteiger partial charge in [0, 0.05) is 11.1 Å². The fraction of sp³-hybridized carbons (Fsp3) is 0.429. The fourth-order valence-corrected chi connectivity index (χ4v) is 1.64. The minimum absolute atomic E-state index is 0.0775. The Hall–Kier alpha value is -0.280. The molecule has 2 N–H and O–H groups in total. The molecular weight excluding hydrogens is 194 g/mol. The fourth-order valence-electron chi connectivity index (χ4n) is 1.04. The number of hydrogen-bond acceptors (Lipinski definition) is 2. The van der Waals surface area contributed by atoms with Crippen molar-refractivity contribution in [2.24, 2.45) is 5.73 Å². The van der Waals surface area contributed by atoms with Crippen LogP contribution >= 0.6 is 15.9 Å². The van der Waals surface area contributed by atoms with E-state index in [1.54, 1.807) is 12.5 Å². The van der Waals surface area contributed by atoms with Crippen LogP contribution in [0.25, 0.3) is 0 Å². The average molecular weight is 202 g/mol. The predicted octanol–water partition coefficient (Wildman–Crippen LogP) is 1.99. The van der Waals surface area contributed by atoms with Crippen molar-refractivity contribution in [3.63, 3.8) is 0 Å². The zero-order chi connectivity index (χ0) is 7.19. The average Bonchev–Trinajstić information content (AvgIpc) is 2.44. The van der Waals surface area contributed by atoms with Gasteiger partial charge in [-0.25, -0.2) is 0 Å². The molecule has 1 heterocycles. The van der Waals surface area contributed by atoms with E-state index in [-0.39, 0.29) is 5.54 Å². The molecule has 0 radical (unpaired) electrons. The summed E-state index contributed by atoms with van der Waals surface area (Å²) in [5.41, 5.74) is 6.95. The summed E-state index contributed by atoms with van der Waals surface area (Å²) in [6, 6.07) is 0. The quantitative estimate of drug-likeness (QED) is 0.756. The van der Waals surface area contributed by atoms with E-state index in [1.807, 2.05) is 0 Å². The Bertz CT molecular complexity index is 252. The molecule has 2 rings (SSSR count). The monoisotopic (exact) mass is 201 g/mol. The Balaban J connectivity index is 2.42. The summed E-state index contributed by atoms with van der Waals surface area (Å²) in [4.78, 5) is 0. The maximum atomic E-state index is 5.92. The largest absolute Gasteiger partial charge is 0.471 e. The van der Waals surface area contributed by atoms with Crippen LogP contribution in [0.5, 0.6) is 0 Å². The van der Waals surface area contributed by atoms with Crippen LogP contribution in [0.3, 0.4) is 0 Å². The number of nitrogens with two attached hydrogens (primary N) is 1. The maximum absolute atomic E-state index is 5.92. The molecule has 2 nitrogen and oxygen atoms in total. The van der Waals surface area contributed by atoms with E-state index in [4.69, 9.17) is 10.2 Å².